The highest BCUT2D eigenvalue weighted by molar-refractivity contribution is 7.92. The monoisotopic (exact) mass is 315 g/mol. The van der Waals surface area contributed by atoms with Gasteiger partial charge in [-0.1, -0.05) is 0 Å². The maximum atomic E-state index is 11.6. The number of ether oxygens (including phenoxy) is 1. The molecule has 0 radical (unpaired) electrons. The Bertz CT molecular complexity index is 743. The fourth-order valence-corrected chi connectivity index (χ4v) is 2.06. The van der Waals surface area contributed by atoms with Gasteiger partial charge < -0.3 is 18.7 Å². The van der Waals surface area contributed by atoms with Crippen LogP contribution in [-0.4, -0.2) is 25.2 Å². The second-order valence-electron chi connectivity index (χ2n) is 4.01. The molecular formula is C12H13NO7S. The van der Waals surface area contributed by atoms with E-state index in [4.69, 9.17) is 13.6 Å². The third kappa shape index (κ3) is 3.19. The summed E-state index contributed by atoms with van der Waals surface area (Å²) < 4.78 is 40.4. The van der Waals surface area contributed by atoms with Crippen molar-refractivity contribution in [3.05, 3.63) is 18.4 Å². The van der Waals surface area contributed by atoms with E-state index in [0.29, 0.717) is 0 Å². The summed E-state index contributed by atoms with van der Waals surface area (Å²) in [4.78, 5) is 11.1. The molecule has 2 N–H and O–H groups in total. The van der Waals surface area contributed by atoms with Crippen molar-refractivity contribution >= 4 is 21.9 Å². The third-order valence-corrected chi connectivity index (χ3v) is 3.72. The van der Waals surface area contributed by atoms with Crippen LogP contribution < -0.4 is 9.46 Å². The third-order valence-electron chi connectivity index (χ3n) is 2.46. The minimum absolute atomic E-state index is 0.148. The molecule has 0 amide bonds. The molecule has 0 spiro atoms. The van der Waals surface area contributed by atoms with Crippen molar-refractivity contribution in [3.8, 4) is 23.0 Å². The molecule has 2 heterocycles. The van der Waals surface area contributed by atoms with Crippen LogP contribution in [0.15, 0.2) is 27.2 Å². The molecule has 0 bridgehead atoms. The average molecular weight is 315 g/mol. The number of carbonyl (C=O) groups excluding carboxylic acids is 1. The molecule has 0 saturated heterocycles. The summed E-state index contributed by atoms with van der Waals surface area (Å²) in [6.07, 6.45) is 1.35. The number of esters is 1. The predicted molar refractivity (Wildman–Crippen MR) is 72.5 cm³/mol. The smallest absolute Gasteiger partial charge is 0.308 e. The van der Waals surface area contributed by atoms with E-state index in [-0.39, 0.29) is 17.3 Å². The van der Waals surface area contributed by atoms with Crippen molar-refractivity contribution in [1.82, 2.24) is 0 Å². The molecule has 2 rings (SSSR count). The van der Waals surface area contributed by atoms with Crippen LogP contribution in [0.5, 0.6) is 11.5 Å². The first-order chi connectivity index (χ1) is 9.84. The quantitative estimate of drug-likeness (QED) is 0.809. The Balaban J connectivity index is 2.52. The molecule has 0 fully saturated rings. The molecule has 114 valence electrons. The van der Waals surface area contributed by atoms with Gasteiger partial charge in [0.05, 0.1) is 12.0 Å². The number of carbonyl (C=O) groups is 1. The molecule has 0 aliphatic carbocycles. The number of rotatable bonds is 5. The van der Waals surface area contributed by atoms with Gasteiger partial charge in [0.2, 0.25) is 27.3 Å². The summed E-state index contributed by atoms with van der Waals surface area (Å²) in [5.74, 6) is -2.29. The van der Waals surface area contributed by atoms with E-state index in [2.05, 4.69) is 4.72 Å². The second-order valence-corrected chi connectivity index (χ2v) is 6.03. The lowest BCUT2D eigenvalue weighted by Crippen LogP contribution is -2.15. The van der Waals surface area contributed by atoms with E-state index in [9.17, 15) is 18.3 Å². The van der Waals surface area contributed by atoms with Gasteiger partial charge in [-0.3, -0.25) is 4.79 Å². The van der Waals surface area contributed by atoms with Gasteiger partial charge in [-0.2, -0.15) is 0 Å². The lowest BCUT2D eigenvalue weighted by Gasteiger charge is -2.04. The Hall–Kier alpha value is -2.42. The summed E-state index contributed by atoms with van der Waals surface area (Å²) in [7, 11) is -3.68. The molecule has 21 heavy (non-hydrogen) atoms. The second kappa shape index (κ2) is 5.52. The molecule has 2 aromatic heterocycles. The van der Waals surface area contributed by atoms with Gasteiger partial charge in [0.25, 0.3) is 5.88 Å². The molecule has 0 aliphatic heterocycles. The normalized spacial score (nSPS) is 11.3. The van der Waals surface area contributed by atoms with Gasteiger partial charge in [-0.05, 0) is 19.1 Å². The number of anilines is 1. The summed E-state index contributed by atoms with van der Waals surface area (Å²) in [6.45, 7) is 2.53. The Morgan fingerprint density at radius 1 is 1.48 bits per heavy atom. The van der Waals surface area contributed by atoms with Crippen molar-refractivity contribution in [2.45, 2.75) is 13.8 Å². The summed E-state index contributed by atoms with van der Waals surface area (Å²) in [5.41, 5.74) is 0. The number of aromatic hydroxyl groups is 1. The van der Waals surface area contributed by atoms with Crippen LogP contribution in [0, 0.1) is 0 Å². The van der Waals surface area contributed by atoms with Crippen LogP contribution in [0.4, 0.5) is 5.88 Å². The number of nitrogens with one attached hydrogen (secondary N) is 1. The number of hydrogen-bond acceptors (Lipinski definition) is 7. The van der Waals surface area contributed by atoms with Crippen molar-refractivity contribution in [1.29, 1.82) is 0 Å². The zero-order chi connectivity index (χ0) is 15.6. The molecular weight excluding hydrogens is 302 g/mol. The minimum Gasteiger partial charge on any atom is -0.501 e. The predicted octanol–water partition coefficient (Wildman–Crippen LogP) is 1.93. The van der Waals surface area contributed by atoms with E-state index >= 15 is 0 Å². The molecule has 2 aromatic rings. The highest BCUT2D eigenvalue weighted by atomic mass is 32.2. The zero-order valence-electron chi connectivity index (χ0n) is 11.2. The summed E-state index contributed by atoms with van der Waals surface area (Å²) >= 11 is 0. The highest BCUT2D eigenvalue weighted by Gasteiger charge is 2.27. The first-order valence-electron chi connectivity index (χ1n) is 5.92. The average Bonchev–Trinajstić information content (AvgIpc) is 3.01. The first kappa shape index (κ1) is 15.0. The zero-order valence-corrected chi connectivity index (χ0v) is 12.1. The van der Waals surface area contributed by atoms with E-state index in [1.165, 1.54) is 19.3 Å². The molecule has 9 heteroatoms. The summed E-state index contributed by atoms with van der Waals surface area (Å²) in [5, 5.41) is 10.0. The van der Waals surface area contributed by atoms with Crippen molar-refractivity contribution in [3.63, 3.8) is 0 Å². The molecule has 0 unspecified atom stereocenters. The Kier molecular flexibility index (Phi) is 3.94. The molecule has 0 aromatic carbocycles. The first-order valence-corrected chi connectivity index (χ1v) is 7.57. The number of furan rings is 2. The van der Waals surface area contributed by atoms with Crippen LogP contribution >= 0.6 is 0 Å². The van der Waals surface area contributed by atoms with Crippen LogP contribution in [0.3, 0.4) is 0 Å². The van der Waals surface area contributed by atoms with Gasteiger partial charge in [0.15, 0.2) is 5.76 Å². The van der Waals surface area contributed by atoms with Gasteiger partial charge in [0, 0.05) is 6.92 Å². The van der Waals surface area contributed by atoms with Crippen LogP contribution in [0.1, 0.15) is 13.8 Å². The van der Waals surface area contributed by atoms with Crippen molar-refractivity contribution in [2.75, 3.05) is 10.5 Å². The fourth-order valence-electron chi connectivity index (χ4n) is 1.50. The standard InChI is InChI=1S/C12H13NO7S/c1-3-21(16,17)13-12-11(19-7(2)14)9(15)10(20-12)8-5-4-6-18-8/h4-6,13,15H,3H2,1-2H3. The Labute approximate surface area is 120 Å². The van der Waals surface area contributed by atoms with Crippen molar-refractivity contribution < 1.29 is 31.9 Å². The highest BCUT2D eigenvalue weighted by Crippen LogP contribution is 2.46. The fraction of sp³-hybridized carbons (Fsp3) is 0.250. The molecule has 0 aliphatic rings. The van der Waals surface area contributed by atoms with Gasteiger partial charge in [0.1, 0.15) is 0 Å². The van der Waals surface area contributed by atoms with Gasteiger partial charge in [-0.15, -0.1) is 0 Å². The Morgan fingerprint density at radius 3 is 2.71 bits per heavy atom. The SMILES string of the molecule is CCS(=O)(=O)Nc1oc(-c2ccco2)c(O)c1OC(C)=O. The molecule has 0 saturated carbocycles. The molecule has 8 nitrogen and oxygen atoms in total. The lowest BCUT2D eigenvalue weighted by molar-refractivity contribution is -0.131. The number of sulfonamides is 1. The van der Waals surface area contributed by atoms with Crippen molar-refractivity contribution in [2.24, 2.45) is 0 Å². The largest absolute Gasteiger partial charge is 0.501 e. The maximum absolute atomic E-state index is 11.6. The minimum atomic E-state index is -3.68. The number of hydrogen-bond donors (Lipinski definition) is 2. The van der Waals surface area contributed by atoms with E-state index in [1.807, 2.05) is 0 Å². The van der Waals surface area contributed by atoms with Crippen LogP contribution in [0.2, 0.25) is 0 Å². The van der Waals surface area contributed by atoms with Crippen LogP contribution in [-0.2, 0) is 14.8 Å². The van der Waals surface area contributed by atoms with Gasteiger partial charge in [-0.25, -0.2) is 13.1 Å². The molecule has 0 atom stereocenters. The lowest BCUT2D eigenvalue weighted by atomic mass is 10.3. The maximum Gasteiger partial charge on any atom is 0.308 e. The Morgan fingerprint density at radius 2 is 2.19 bits per heavy atom. The van der Waals surface area contributed by atoms with E-state index in [1.54, 1.807) is 6.07 Å². The van der Waals surface area contributed by atoms with E-state index in [0.717, 1.165) is 6.92 Å². The summed E-state index contributed by atoms with van der Waals surface area (Å²) in [6, 6.07) is 3.05. The van der Waals surface area contributed by atoms with E-state index < -0.39 is 33.4 Å². The van der Waals surface area contributed by atoms with Crippen LogP contribution in [0.25, 0.3) is 11.5 Å². The topological polar surface area (TPSA) is 119 Å². The van der Waals surface area contributed by atoms with Gasteiger partial charge >= 0.3 is 5.97 Å².